The molecule has 1 N–H and O–H groups in total. The molecule has 3 rings (SSSR count). The van der Waals surface area contributed by atoms with Crippen LogP contribution in [0.3, 0.4) is 0 Å². The van der Waals surface area contributed by atoms with Crippen molar-refractivity contribution in [2.24, 2.45) is 0 Å². The number of hydrogen-bond donors (Lipinski definition) is 1. The number of nitrogens with one attached hydrogen (secondary N) is 1. The van der Waals surface area contributed by atoms with Gasteiger partial charge in [-0.15, -0.1) is 0 Å². The molecule has 1 aliphatic rings. The van der Waals surface area contributed by atoms with Gasteiger partial charge in [-0.1, -0.05) is 12.1 Å². The van der Waals surface area contributed by atoms with Crippen LogP contribution in [0.2, 0.25) is 0 Å². The van der Waals surface area contributed by atoms with E-state index in [1.807, 2.05) is 31.2 Å². The third kappa shape index (κ3) is 4.11. The van der Waals surface area contributed by atoms with Crippen LogP contribution in [0.5, 0.6) is 17.2 Å². The molecule has 0 radical (unpaired) electrons. The Hall–Kier alpha value is -2.24. The van der Waals surface area contributed by atoms with Crippen molar-refractivity contribution in [1.29, 1.82) is 0 Å². The summed E-state index contributed by atoms with van der Waals surface area (Å²) in [6.07, 6.45) is 0. The second-order valence-electron chi connectivity index (χ2n) is 6.30. The monoisotopic (exact) mass is 356 g/mol. The van der Waals surface area contributed by atoms with Crippen molar-refractivity contribution >= 4 is 0 Å². The molecule has 2 aromatic rings. The van der Waals surface area contributed by atoms with Crippen molar-refractivity contribution in [3.63, 3.8) is 0 Å². The number of methoxy groups -OCH3 is 2. The summed E-state index contributed by atoms with van der Waals surface area (Å²) >= 11 is 0. The first-order valence-corrected chi connectivity index (χ1v) is 9.16. The summed E-state index contributed by atoms with van der Waals surface area (Å²) in [5, 5.41) is 3.43. The number of ether oxygens (including phenoxy) is 3. The maximum absolute atomic E-state index is 5.68. The third-order valence-corrected chi connectivity index (χ3v) is 4.76. The van der Waals surface area contributed by atoms with Gasteiger partial charge in [-0.3, -0.25) is 4.90 Å². The van der Waals surface area contributed by atoms with Crippen molar-refractivity contribution < 1.29 is 14.2 Å². The highest BCUT2D eigenvalue weighted by Crippen LogP contribution is 2.37. The topological polar surface area (TPSA) is 43.0 Å². The molecule has 5 nitrogen and oxygen atoms in total. The summed E-state index contributed by atoms with van der Waals surface area (Å²) in [7, 11) is 3.42. The van der Waals surface area contributed by atoms with Crippen molar-refractivity contribution in [1.82, 2.24) is 10.2 Å². The number of hydrogen-bond acceptors (Lipinski definition) is 5. The van der Waals surface area contributed by atoms with E-state index >= 15 is 0 Å². The Labute approximate surface area is 155 Å². The number of rotatable bonds is 7. The predicted molar refractivity (Wildman–Crippen MR) is 103 cm³/mol. The third-order valence-electron chi connectivity index (χ3n) is 4.76. The van der Waals surface area contributed by atoms with Gasteiger partial charge in [0.15, 0.2) is 0 Å². The van der Waals surface area contributed by atoms with Gasteiger partial charge >= 0.3 is 0 Å². The van der Waals surface area contributed by atoms with E-state index in [4.69, 9.17) is 14.2 Å². The Morgan fingerprint density at radius 1 is 0.962 bits per heavy atom. The summed E-state index contributed by atoms with van der Waals surface area (Å²) in [6.45, 7) is 6.61. The Balaban J connectivity index is 2.03. The molecule has 26 heavy (non-hydrogen) atoms. The second-order valence-corrected chi connectivity index (χ2v) is 6.30. The summed E-state index contributed by atoms with van der Waals surface area (Å²) in [5.41, 5.74) is 2.35. The van der Waals surface area contributed by atoms with Crippen LogP contribution in [0, 0.1) is 0 Å². The zero-order valence-electron chi connectivity index (χ0n) is 15.8. The number of piperazine rings is 1. The van der Waals surface area contributed by atoms with Gasteiger partial charge in [0, 0.05) is 31.7 Å². The summed E-state index contributed by atoms with van der Waals surface area (Å²) in [6, 6.07) is 14.5. The van der Waals surface area contributed by atoms with Crippen molar-refractivity contribution in [2.45, 2.75) is 13.0 Å². The van der Waals surface area contributed by atoms with Gasteiger partial charge in [-0.2, -0.15) is 0 Å². The van der Waals surface area contributed by atoms with Crippen LogP contribution < -0.4 is 19.5 Å². The molecule has 0 amide bonds. The first-order valence-electron chi connectivity index (χ1n) is 9.16. The van der Waals surface area contributed by atoms with Crippen LogP contribution >= 0.6 is 0 Å². The first kappa shape index (κ1) is 18.5. The molecule has 140 valence electrons. The van der Waals surface area contributed by atoms with Gasteiger partial charge in [0.05, 0.1) is 26.9 Å². The highest BCUT2D eigenvalue weighted by Gasteiger charge is 2.27. The minimum absolute atomic E-state index is 0.109. The average molecular weight is 356 g/mol. The van der Waals surface area contributed by atoms with Crippen molar-refractivity contribution in [3.05, 3.63) is 53.6 Å². The molecule has 0 aromatic heterocycles. The quantitative estimate of drug-likeness (QED) is 0.826. The highest BCUT2D eigenvalue weighted by molar-refractivity contribution is 5.47. The molecular formula is C21H28N2O3. The van der Waals surface area contributed by atoms with E-state index in [-0.39, 0.29) is 6.04 Å². The van der Waals surface area contributed by atoms with Crippen LogP contribution in [0.1, 0.15) is 24.1 Å². The predicted octanol–water partition coefficient (Wildman–Crippen LogP) is 3.10. The molecule has 1 atom stereocenters. The molecule has 2 aromatic carbocycles. The first-order chi connectivity index (χ1) is 12.8. The Morgan fingerprint density at radius 3 is 2.27 bits per heavy atom. The fourth-order valence-electron chi connectivity index (χ4n) is 3.49. The number of nitrogens with zero attached hydrogens (tertiary/aromatic N) is 1. The van der Waals surface area contributed by atoms with E-state index in [1.54, 1.807) is 14.2 Å². The summed E-state index contributed by atoms with van der Waals surface area (Å²) < 4.78 is 16.8. The molecule has 1 saturated heterocycles. The average Bonchev–Trinajstić information content (AvgIpc) is 2.70. The minimum Gasteiger partial charge on any atom is -0.497 e. The van der Waals surface area contributed by atoms with E-state index < -0.39 is 0 Å². The van der Waals surface area contributed by atoms with E-state index in [1.165, 1.54) is 5.56 Å². The second kappa shape index (κ2) is 8.92. The molecule has 1 aliphatic heterocycles. The van der Waals surface area contributed by atoms with Gasteiger partial charge in [-0.05, 0) is 42.8 Å². The van der Waals surface area contributed by atoms with E-state index in [2.05, 4.69) is 28.4 Å². The zero-order valence-corrected chi connectivity index (χ0v) is 15.8. The van der Waals surface area contributed by atoms with Gasteiger partial charge in [0.1, 0.15) is 17.2 Å². The van der Waals surface area contributed by atoms with Crippen LogP contribution in [0.25, 0.3) is 0 Å². The normalized spacial score (nSPS) is 16.1. The van der Waals surface area contributed by atoms with Crippen molar-refractivity contribution in [3.8, 4) is 17.2 Å². The molecule has 0 spiro atoms. The lowest BCUT2D eigenvalue weighted by molar-refractivity contribution is 0.195. The molecule has 1 unspecified atom stereocenters. The Kier molecular flexibility index (Phi) is 6.36. The van der Waals surface area contributed by atoms with Crippen LogP contribution in [-0.4, -0.2) is 51.9 Å². The minimum atomic E-state index is 0.109. The van der Waals surface area contributed by atoms with Crippen LogP contribution in [0.4, 0.5) is 0 Å². The largest absolute Gasteiger partial charge is 0.497 e. The Morgan fingerprint density at radius 2 is 1.65 bits per heavy atom. The lowest BCUT2D eigenvalue weighted by Gasteiger charge is -2.36. The van der Waals surface area contributed by atoms with Crippen molar-refractivity contribution in [2.75, 3.05) is 47.0 Å². The summed E-state index contributed by atoms with van der Waals surface area (Å²) in [4.78, 5) is 2.49. The highest BCUT2D eigenvalue weighted by atomic mass is 16.5. The molecule has 0 saturated carbocycles. The fourth-order valence-corrected chi connectivity index (χ4v) is 3.49. The lowest BCUT2D eigenvalue weighted by atomic mass is 9.95. The zero-order chi connectivity index (χ0) is 18.4. The van der Waals surface area contributed by atoms with Gasteiger partial charge < -0.3 is 19.5 Å². The molecular weight excluding hydrogens is 328 g/mol. The van der Waals surface area contributed by atoms with Crippen LogP contribution in [-0.2, 0) is 0 Å². The van der Waals surface area contributed by atoms with E-state index in [0.717, 1.165) is 49.0 Å². The molecule has 1 heterocycles. The maximum Gasteiger partial charge on any atom is 0.124 e. The molecule has 5 heteroatoms. The molecule has 1 fully saturated rings. The van der Waals surface area contributed by atoms with E-state index in [9.17, 15) is 0 Å². The van der Waals surface area contributed by atoms with Gasteiger partial charge in [0.25, 0.3) is 0 Å². The maximum atomic E-state index is 5.68. The molecule has 0 bridgehead atoms. The Bertz CT molecular complexity index is 697. The smallest absolute Gasteiger partial charge is 0.124 e. The molecule has 0 aliphatic carbocycles. The van der Waals surface area contributed by atoms with E-state index in [0.29, 0.717) is 6.61 Å². The van der Waals surface area contributed by atoms with Gasteiger partial charge in [0.2, 0.25) is 0 Å². The standard InChI is InChI=1S/C21H28N2O3/c1-4-26-17-7-5-16(6-8-17)21(23-13-11-22-12-14-23)19-15-18(24-2)9-10-20(19)25-3/h5-10,15,21-22H,4,11-14H2,1-3H3. The SMILES string of the molecule is CCOc1ccc(C(c2cc(OC)ccc2OC)N2CCNCC2)cc1. The number of benzene rings is 2. The van der Waals surface area contributed by atoms with Gasteiger partial charge in [-0.25, -0.2) is 0 Å². The lowest BCUT2D eigenvalue weighted by Crippen LogP contribution is -2.45. The summed E-state index contributed by atoms with van der Waals surface area (Å²) in [5.74, 6) is 2.61. The fraction of sp³-hybridized carbons (Fsp3) is 0.429. The van der Waals surface area contributed by atoms with Crippen LogP contribution in [0.15, 0.2) is 42.5 Å².